The van der Waals surface area contributed by atoms with E-state index < -0.39 is 15.9 Å². The van der Waals surface area contributed by atoms with Crippen LogP contribution in [0.1, 0.15) is 10.6 Å². The van der Waals surface area contributed by atoms with Gasteiger partial charge in [-0.3, -0.25) is 14.8 Å². The third kappa shape index (κ3) is 3.55. The van der Waals surface area contributed by atoms with E-state index >= 15 is 0 Å². The molecule has 2 aromatic heterocycles. The van der Waals surface area contributed by atoms with Gasteiger partial charge < -0.3 is 4.42 Å². The van der Waals surface area contributed by atoms with E-state index in [1.54, 1.807) is 36.4 Å². The van der Waals surface area contributed by atoms with Crippen molar-refractivity contribution in [3.05, 3.63) is 54.5 Å². The highest BCUT2D eigenvalue weighted by Gasteiger charge is 2.21. The van der Waals surface area contributed by atoms with Crippen LogP contribution in [-0.4, -0.2) is 24.5 Å². The Balaban J connectivity index is 1.74. The molecule has 3 aromatic rings. The molecule has 2 heterocycles. The molecule has 0 saturated carbocycles. The Morgan fingerprint density at radius 2 is 1.87 bits per heavy atom. The molecular weight excluding hydrogens is 340 g/mol. The highest BCUT2D eigenvalue weighted by molar-refractivity contribution is 7.94. The number of furan rings is 1. The molecule has 118 valence electrons. The lowest BCUT2D eigenvalue weighted by Crippen LogP contribution is -2.12. The summed E-state index contributed by atoms with van der Waals surface area (Å²) in [6.45, 7) is 0. The van der Waals surface area contributed by atoms with Crippen molar-refractivity contribution >= 4 is 38.1 Å². The van der Waals surface area contributed by atoms with Crippen molar-refractivity contribution in [3.8, 4) is 0 Å². The van der Waals surface area contributed by atoms with Gasteiger partial charge >= 0.3 is 0 Å². The zero-order valence-electron chi connectivity index (χ0n) is 11.5. The molecular formula is C13H10N4O4S2. The Morgan fingerprint density at radius 1 is 1.09 bits per heavy atom. The first-order valence-electron chi connectivity index (χ1n) is 6.31. The molecule has 0 saturated heterocycles. The summed E-state index contributed by atoms with van der Waals surface area (Å²) in [5, 5.41) is 9.72. The summed E-state index contributed by atoms with van der Waals surface area (Å²) in [4.78, 5) is 11.8. The van der Waals surface area contributed by atoms with Crippen LogP contribution in [0.25, 0.3) is 0 Å². The lowest BCUT2D eigenvalue weighted by molar-refractivity contribution is 0.0996. The zero-order valence-corrected chi connectivity index (χ0v) is 13.1. The minimum atomic E-state index is -3.86. The van der Waals surface area contributed by atoms with Gasteiger partial charge in [-0.25, -0.2) is 0 Å². The van der Waals surface area contributed by atoms with Crippen LogP contribution in [0.15, 0.2) is 57.5 Å². The van der Waals surface area contributed by atoms with Crippen molar-refractivity contribution in [2.45, 2.75) is 4.34 Å². The maximum Gasteiger partial charge on any atom is 0.293 e. The van der Waals surface area contributed by atoms with Gasteiger partial charge in [0.15, 0.2) is 5.76 Å². The highest BCUT2D eigenvalue weighted by Crippen LogP contribution is 2.22. The van der Waals surface area contributed by atoms with E-state index in [0.717, 1.165) is 11.3 Å². The van der Waals surface area contributed by atoms with Gasteiger partial charge in [-0.05, 0) is 24.3 Å². The fourth-order valence-corrected chi connectivity index (χ4v) is 3.60. The smallest absolute Gasteiger partial charge is 0.293 e. The molecule has 0 fully saturated rings. The van der Waals surface area contributed by atoms with Crippen LogP contribution < -0.4 is 10.0 Å². The van der Waals surface area contributed by atoms with Gasteiger partial charge in [0.2, 0.25) is 5.13 Å². The minimum absolute atomic E-state index is 0.0554. The van der Waals surface area contributed by atoms with E-state index in [-0.39, 0.29) is 15.2 Å². The Labute approximate surface area is 135 Å². The summed E-state index contributed by atoms with van der Waals surface area (Å²) in [5.41, 5.74) is 0.406. The number of aromatic nitrogens is 2. The molecule has 1 aromatic carbocycles. The van der Waals surface area contributed by atoms with E-state index in [1.807, 2.05) is 0 Å². The number of amides is 1. The highest BCUT2D eigenvalue weighted by atomic mass is 32.2. The summed E-state index contributed by atoms with van der Waals surface area (Å²) >= 11 is 0.738. The average molecular weight is 350 g/mol. The van der Waals surface area contributed by atoms with Gasteiger partial charge in [-0.15, -0.1) is 10.2 Å². The molecule has 0 radical (unpaired) electrons. The summed E-state index contributed by atoms with van der Waals surface area (Å²) < 4.78 is 31.4. The number of sulfonamides is 1. The predicted molar refractivity (Wildman–Crippen MR) is 83.8 cm³/mol. The summed E-state index contributed by atoms with van der Waals surface area (Å²) in [7, 11) is -3.86. The van der Waals surface area contributed by atoms with Crippen LogP contribution in [0.2, 0.25) is 0 Å². The molecule has 2 N–H and O–H groups in total. The van der Waals surface area contributed by atoms with Gasteiger partial charge in [-0.2, -0.15) is 8.42 Å². The number of rotatable bonds is 5. The first-order chi connectivity index (χ1) is 11.0. The Hall–Kier alpha value is -2.72. The van der Waals surface area contributed by atoms with Crippen molar-refractivity contribution in [2.24, 2.45) is 0 Å². The van der Waals surface area contributed by atoms with E-state index in [9.17, 15) is 13.2 Å². The molecule has 10 heteroatoms. The number of hydrogen-bond donors (Lipinski definition) is 2. The van der Waals surface area contributed by atoms with Crippen LogP contribution in [0.3, 0.4) is 0 Å². The molecule has 0 unspecified atom stereocenters. The number of carbonyl (C=O) groups is 1. The Kier molecular flexibility index (Phi) is 4.08. The molecule has 0 bridgehead atoms. The van der Waals surface area contributed by atoms with Crippen LogP contribution in [0, 0.1) is 0 Å². The van der Waals surface area contributed by atoms with Crippen LogP contribution >= 0.6 is 11.3 Å². The van der Waals surface area contributed by atoms with E-state index in [0.29, 0.717) is 5.69 Å². The van der Waals surface area contributed by atoms with Crippen molar-refractivity contribution in [1.29, 1.82) is 0 Å². The van der Waals surface area contributed by atoms with Crippen molar-refractivity contribution in [2.75, 3.05) is 10.0 Å². The average Bonchev–Trinajstić information content (AvgIpc) is 3.19. The first kappa shape index (κ1) is 15.2. The molecule has 1 amide bonds. The van der Waals surface area contributed by atoms with E-state index in [2.05, 4.69) is 20.2 Å². The lowest BCUT2D eigenvalue weighted by atomic mass is 10.3. The largest absolute Gasteiger partial charge is 0.459 e. The van der Waals surface area contributed by atoms with Gasteiger partial charge in [0.05, 0.1) is 6.26 Å². The Morgan fingerprint density at radius 3 is 2.57 bits per heavy atom. The molecule has 0 atom stereocenters. The molecule has 0 aliphatic heterocycles. The third-order valence-electron chi connectivity index (χ3n) is 2.63. The van der Waals surface area contributed by atoms with Gasteiger partial charge in [-0.1, -0.05) is 29.5 Å². The van der Waals surface area contributed by atoms with Crippen molar-refractivity contribution < 1.29 is 17.6 Å². The maximum atomic E-state index is 12.2. The fraction of sp³-hybridized carbons (Fsp3) is 0. The lowest BCUT2D eigenvalue weighted by Gasteiger charge is -2.03. The monoisotopic (exact) mass is 350 g/mol. The van der Waals surface area contributed by atoms with E-state index in [1.165, 1.54) is 12.3 Å². The van der Waals surface area contributed by atoms with Crippen LogP contribution in [0.4, 0.5) is 10.8 Å². The van der Waals surface area contributed by atoms with Gasteiger partial charge in [0.25, 0.3) is 20.3 Å². The van der Waals surface area contributed by atoms with Gasteiger partial charge in [0.1, 0.15) is 0 Å². The number of hydrogen-bond acceptors (Lipinski definition) is 7. The van der Waals surface area contributed by atoms with Crippen LogP contribution in [-0.2, 0) is 10.0 Å². The summed E-state index contributed by atoms with van der Waals surface area (Å²) in [6.07, 6.45) is 1.36. The SMILES string of the molecule is O=C(Nc1nnc(S(=O)(=O)Nc2ccccc2)s1)c1ccco1. The number of benzene rings is 1. The zero-order chi connectivity index (χ0) is 16.3. The third-order valence-corrected chi connectivity index (χ3v) is 5.22. The number of para-hydroxylation sites is 1. The van der Waals surface area contributed by atoms with Crippen molar-refractivity contribution in [3.63, 3.8) is 0 Å². The van der Waals surface area contributed by atoms with Crippen molar-refractivity contribution in [1.82, 2.24) is 10.2 Å². The quantitative estimate of drug-likeness (QED) is 0.682. The second-order valence-electron chi connectivity index (χ2n) is 4.28. The molecule has 0 aliphatic carbocycles. The topological polar surface area (TPSA) is 114 Å². The molecule has 23 heavy (non-hydrogen) atoms. The fourth-order valence-electron chi connectivity index (χ4n) is 1.64. The first-order valence-corrected chi connectivity index (χ1v) is 8.61. The second-order valence-corrected chi connectivity index (χ2v) is 7.11. The molecule has 0 aliphatic rings. The molecule has 3 rings (SSSR count). The predicted octanol–water partition coefficient (Wildman–Crippen LogP) is 2.18. The summed E-state index contributed by atoms with van der Waals surface area (Å²) in [5.74, 6) is -0.446. The normalized spacial score (nSPS) is 11.1. The van der Waals surface area contributed by atoms with Crippen LogP contribution in [0.5, 0.6) is 0 Å². The molecule has 0 spiro atoms. The minimum Gasteiger partial charge on any atom is -0.459 e. The maximum absolute atomic E-state index is 12.2. The number of nitrogens with one attached hydrogen (secondary N) is 2. The second kappa shape index (κ2) is 6.18. The number of nitrogens with zero attached hydrogens (tertiary/aromatic N) is 2. The number of anilines is 2. The van der Waals surface area contributed by atoms with E-state index in [4.69, 9.17) is 4.42 Å². The standard InChI is InChI=1S/C13H10N4O4S2/c18-11(10-7-4-8-21-10)14-12-15-16-13(22-12)23(19,20)17-9-5-2-1-3-6-9/h1-8,17H,(H,14,15,18). The number of carbonyl (C=O) groups excluding carboxylic acids is 1. The molecule has 8 nitrogen and oxygen atoms in total. The summed E-state index contributed by atoms with van der Waals surface area (Å²) in [6, 6.07) is 11.4. The van der Waals surface area contributed by atoms with Gasteiger partial charge in [0, 0.05) is 5.69 Å². The Bertz CT molecular complexity index is 905.